The van der Waals surface area contributed by atoms with E-state index in [0.717, 1.165) is 51.7 Å². The van der Waals surface area contributed by atoms with Gasteiger partial charge in [0.15, 0.2) is 0 Å². The summed E-state index contributed by atoms with van der Waals surface area (Å²) in [5.74, 6) is 0.713. The number of hydrogen-bond donors (Lipinski definition) is 1. The maximum Gasteiger partial charge on any atom is 0.310 e. The smallest absolute Gasteiger partial charge is 0.310 e. The molecular weight excluding hydrogens is 414 g/mol. The van der Waals surface area contributed by atoms with E-state index in [4.69, 9.17) is 4.74 Å². The number of piperidine rings is 1. The molecule has 182 valence electrons. The average molecular weight is 456 g/mol. The Morgan fingerprint density at radius 2 is 1.82 bits per heavy atom. The molecule has 6 heteroatoms. The van der Waals surface area contributed by atoms with Gasteiger partial charge >= 0.3 is 5.97 Å². The molecule has 0 aromatic heterocycles. The van der Waals surface area contributed by atoms with Crippen molar-refractivity contribution >= 4 is 17.6 Å². The highest BCUT2D eigenvalue weighted by Crippen LogP contribution is 2.45. The predicted molar refractivity (Wildman–Crippen MR) is 131 cm³/mol. The van der Waals surface area contributed by atoms with E-state index in [1.54, 1.807) is 0 Å². The van der Waals surface area contributed by atoms with Crippen LogP contribution >= 0.6 is 0 Å². The number of nitrogens with one attached hydrogen (secondary N) is 1. The van der Waals surface area contributed by atoms with Crippen molar-refractivity contribution in [1.29, 1.82) is 0 Å². The number of methoxy groups -OCH3 is 1. The first-order chi connectivity index (χ1) is 15.6. The first-order valence-electron chi connectivity index (χ1n) is 12.6. The molecule has 1 saturated heterocycles. The monoisotopic (exact) mass is 455 g/mol. The van der Waals surface area contributed by atoms with E-state index in [2.05, 4.69) is 39.4 Å². The number of para-hydroxylation sites is 1. The number of benzene rings is 1. The minimum Gasteiger partial charge on any atom is -0.469 e. The summed E-state index contributed by atoms with van der Waals surface area (Å²) in [7, 11) is 1.46. The van der Waals surface area contributed by atoms with Crippen molar-refractivity contribution in [3.63, 3.8) is 0 Å². The minimum atomic E-state index is -0.182. The van der Waals surface area contributed by atoms with E-state index in [1.165, 1.54) is 37.6 Å². The lowest BCUT2D eigenvalue weighted by Gasteiger charge is -2.38. The van der Waals surface area contributed by atoms with Crippen LogP contribution in [0, 0.1) is 17.8 Å². The Hall–Kier alpha value is -2.08. The third-order valence-electron chi connectivity index (χ3n) is 8.54. The van der Waals surface area contributed by atoms with Gasteiger partial charge in [-0.2, -0.15) is 0 Å². The van der Waals surface area contributed by atoms with E-state index in [9.17, 15) is 9.59 Å². The van der Waals surface area contributed by atoms with Gasteiger partial charge in [0.05, 0.1) is 19.6 Å². The number of ether oxygens (including phenoxy) is 1. The zero-order valence-corrected chi connectivity index (χ0v) is 19.3. The zero-order chi connectivity index (χ0) is 22.1. The zero-order valence-electron chi connectivity index (χ0n) is 19.3. The molecule has 1 aromatic carbocycles. The lowest BCUT2D eigenvalue weighted by atomic mass is 9.80. The van der Waals surface area contributed by atoms with Crippen LogP contribution in [-0.2, 0) is 20.7 Å². The van der Waals surface area contributed by atoms with Crippen LogP contribution in [0.4, 0.5) is 5.69 Å². The summed E-state index contributed by atoms with van der Waals surface area (Å²) in [6, 6.07) is 9.28. The van der Waals surface area contributed by atoms with Gasteiger partial charge in [0.25, 0.3) is 0 Å². The summed E-state index contributed by atoms with van der Waals surface area (Å²) in [4.78, 5) is 30.2. The summed E-state index contributed by atoms with van der Waals surface area (Å²) >= 11 is 0. The number of anilines is 1. The minimum absolute atomic E-state index is 0. The molecule has 0 radical (unpaired) electrons. The molecule has 4 unspecified atom stereocenters. The van der Waals surface area contributed by atoms with Gasteiger partial charge in [0.2, 0.25) is 5.91 Å². The van der Waals surface area contributed by atoms with Crippen LogP contribution in [0.15, 0.2) is 24.3 Å². The molecule has 2 aliphatic carbocycles. The molecule has 0 bridgehead atoms. The van der Waals surface area contributed by atoms with Crippen molar-refractivity contribution in [3.05, 3.63) is 29.8 Å². The highest BCUT2D eigenvalue weighted by molar-refractivity contribution is 5.80. The highest BCUT2D eigenvalue weighted by atomic mass is 16.5. The molecule has 2 heterocycles. The van der Waals surface area contributed by atoms with Crippen LogP contribution in [-0.4, -0.2) is 62.1 Å². The quantitative estimate of drug-likeness (QED) is 0.687. The summed E-state index contributed by atoms with van der Waals surface area (Å²) in [6.07, 6.45) is 8.94. The van der Waals surface area contributed by atoms with Crippen LogP contribution in [0.3, 0.4) is 0 Å². The number of carbonyl (C=O) groups excluding carboxylic acids is 2. The van der Waals surface area contributed by atoms with Gasteiger partial charge in [-0.1, -0.05) is 44.9 Å². The van der Waals surface area contributed by atoms with Crippen LogP contribution < -0.4 is 10.2 Å². The van der Waals surface area contributed by atoms with E-state index in [0.29, 0.717) is 24.4 Å². The SMILES string of the molecule is C.COC(=O)C1CC2CCCCC2C1NC(=O)CN1CCC(N2CCc3ccccc32)CC1. The fourth-order valence-electron chi connectivity index (χ4n) is 6.94. The fourth-order valence-corrected chi connectivity index (χ4v) is 6.94. The van der Waals surface area contributed by atoms with Gasteiger partial charge in [-0.25, -0.2) is 0 Å². The van der Waals surface area contributed by atoms with Gasteiger partial charge < -0.3 is 15.0 Å². The lowest BCUT2D eigenvalue weighted by molar-refractivity contribution is -0.146. The highest BCUT2D eigenvalue weighted by Gasteiger charge is 2.48. The van der Waals surface area contributed by atoms with Gasteiger partial charge in [0.1, 0.15) is 0 Å². The van der Waals surface area contributed by atoms with Crippen LogP contribution in [0.2, 0.25) is 0 Å². The van der Waals surface area contributed by atoms with Crippen molar-refractivity contribution in [1.82, 2.24) is 10.2 Å². The molecule has 5 rings (SSSR count). The number of likely N-dealkylation sites (tertiary alicyclic amines) is 1. The van der Waals surface area contributed by atoms with Crippen molar-refractivity contribution in [3.8, 4) is 0 Å². The average Bonchev–Trinajstić information content (AvgIpc) is 3.41. The second-order valence-electron chi connectivity index (χ2n) is 10.2. The summed E-state index contributed by atoms with van der Waals surface area (Å²) in [5.41, 5.74) is 2.87. The number of fused-ring (bicyclic) bond motifs is 2. The topological polar surface area (TPSA) is 61.9 Å². The third-order valence-corrected chi connectivity index (χ3v) is 8.54. The Morgan fingerprint density at radius 1 is 1.06 bits per heavy atom. The molecule has 3 fully saturated rings. The molecule has 2 aliphatic heterocycles. The molecule has 1 amide bonds. The molecule has 0 spiro atoms. The van der Waals surface area contributed by atoms with Gasteiger partial charge in [0, 0.05) is 37.4 Å². The van der Waals surface area contributed by atoms with Crippen molar-refractivity contribution < 1.29 is 14.3 Å². The summed E-state index contributed by atoms with van der Waals surface area (Å²) in [6.45, 7) is 3.45. The number of rotatable bonds is 5. The summed E-state index contributed by atoms with van der Waals surface area (Å²) in [5, 5.41) is 3.28. The number of esters is 1. The van der Waals surface area contributed by atoms with Gasteiger partial charge in [-0.3, -0.25) is 14.5 Å². The summed E-state index contributed by atoms with van der Waals surface area (Å²) < 4.78 is 5.08. The second-order valence-corrected chi connectivity index (χ2v) is 10.2. The molecule has 1 aromatic rings. The molecule has 6 nitrogen and oxygen atoms in total. The number of carbonyl (C=O) groups is 2. The maximum atomic E-state index is 13.0. The molecule has 2 saturated carbocycles. The molecular formula is C27H41N3O3. The molecule has 4 aliphatic rings. The van der Waals surface area contributed by atoms with E-state index in [-0.39, 0.29) is 31.3 Å². The Morgan fingerprint density at radius 3 is 2.61 bits per heavy atom. The Bertz CT molecular complexity index is 836. The Kier molecular flexibility index (Phi) is 7.62. The van der Waals surface area contributed by atoms with E-state index < -0.39 is 0 Å². The predicted octanol–water partition coefficient (Wildman–Crippen LogP) is 3.63. The van der Waals surface area contributed by atoms with Gasteiger partial charge in [-0.05, 0) is 55.6 Å². The molecule has 33 heavy (non-hydrogen) atoms. The first kappa shape index (κ1) is 24.1. The van der Waals surface area contributed by atoms with Crippen LogP contribution in [0.25, 0.3) is 0 Å². The third kappa shape index (κ3) is 4.91. The first-order valence-corrected chi connectivity index (χ1v) is 12.6. The van der Waals surface area contributed by atoms with Crippen molar-refractivity contribution in [2.45, 2.75) is 70.9 Å². The van der Waals surface area contributed by atoms with Crippen LogP contribution in [0.5, 0.6) is 0 Å². The van der Waals surface area contributed by atoms with Gasteiger partial charge in [-0.15, -0.1) is 0 Å². The largest absolute Gasteiger partial charge is 0.469 e. The number of hydrogen-bond acceptors (Lipinski definition) is 5. The Balaban J connectivity index is 0.00000259. The van der Waals surface area contributed by atoms with Crippen molar-refractivity contribution in [2.75, 3.05) is 38.2 Å². The van der Waals surface area contributed by atoms with Crippen LogP contribution in [0.1, 0.15) is 57.9 Å². The van der Waals surface area contributed by atoms with E-state index >= 15 is 0 Å². The molecule has 4 atom stereocenters. The maximum absolute atomic E-state index is 13.0. The number of amides is 1. The lowest BCUT2D eigenvalue weighted by Crippen LogP contribution is -2.51. The van der Waals surface area contributed by atoms with Crippen molar-refractivity contribution in [2.24, 2.45) is 17.8 Å². The fraction of sp³-hybridized carbons (Fsp3) is 0.704. The molecule has 1 N–H and O–H groups in total. The second kappa shape index (κ2) is 10.5. The normalized spacial score (nSPS) is 29.7. The Labute approximate surface area is 199 Å². The standard InChI is InChI=1S/C26H37N3O3.CH4/c1-32-26(31)22-16-19-7-2-4-8-21(19)25(22)27-24(30)17-28-13-11-20(12-14-28)29-15-10-18-6-3-5-9-23(18)29;/h3,5-6,9,19-22,25H,2,4,7-8,10-17H2,1H3,(H,27,30);1H4. The van der Waals surface area contributed by atoms with E-state index in [1.807, 2.05) is 0 Å². The number of nitrogens with zero attached hydrogens (tertiary/aromatic N) is 2.